The van der Waals surface area contributed by atoms with Crippen LogP contribution < -0.4 is 5.73 Å². The lowest BCUT2D eigenvalue weighted by Crippen LogP contribution is -2.14. The fraction of sp³-hybridized carbons (Fsp3) is 1.00. The first-order chi connectivity index (χ1) is 4.64. The third kappa shape index (κ3) is 2.04. The molecule has 10 heavy (non-hydrogen) atoms. The van der Waals surface area contributed by atoms with E-state index in [1.165, 1.54) is 0 Å². The summed E-state index contributed by atoms with van der Waals surface area (Å²) in [7, 11) is -3.68. The van der Waals surface area contributed by atoms with Crippen LogP contribution in [0.4, 0.5) is 0 Å². The van der Waals surface area contributed by atoms with Crippen LogP contribution in [-0.2, 0) is 13.6 Å². The van der Waals surface area contributed by atoms with Crippen molar-refractivity contribution < 1.29 is 18.5 Å². The second-order valence-electron chi connectivity index (χ2n) is 2.07. The zero-order valence-electron chi connectivity index (χ0n) is 5.40. The Hall–Kier alpha value is 0.0700. The van der Waals surface area contributed by atoms with Gasteiger partial charge >= 0.3 is 7.82 Å². The van der Waals surface area contributed by atoms with Crippen LogP contribution in [0.15, 0.2) is 0 Å². The van der Waals surface area contributed by atoms with Crippen molar-refractivity contribution in [3.05, 3.63) is 0 Å². The molecule has 0 aromatic rings. The molecule has 0 bridgehead atoms. The minimum absolute atomic E-state index is 0.172. The van der Waals surface area contributed by atoms with Crippen LogP contribution in [0.5, 0.6) is 0 Å². The Kier molecular flexibility index (Phi) is 2.44. The molecule has 0 saturated carbocycles. The fourth-order valence-corrected chi connectivity index (χ4v) is 1.71. The topological polar surface area (TPSA) is 81.8 Å². The van der Waals surface area contributed by atoms with Gasteiger partial charge < -0.3 is 10.6 Å². The zero-order valence-corrected chi connectivity index (χ0v) is 6.29. The summed E-state index contributed by atoms with van der Waals surface area (Å²) in [6.45, 7) is 0.610. The van der Waals surface area contributed by atoms with Crippen molar-refractivity contribution >= 4 is 7.82 Å². The number of hydrogen-bond acceptors (Lipinski definition) is 4. The monoisotopic (exact) mass is 167 g/mol. The highest BCUT2D eigenvalue weighted by Crippen LogP contribution is 2.50. The average molecular weight is 167 g/mol. The molecule has 0 radical (unpaired) electrons. The smallest absolute Gasteiger partial charge is 0.330 e. The van der Waals surface area contributed by atoms with E-state index in [9.17, 15) is 4.57 Å². The van der Waals surface area contributed by atoms with E-state index >= 15 is 0 Å². The summed E-state index contributed by atoms with van der Waals surface area (Å²) in [6, 6.07) is 0. The van der Waals surface area contributed by atoms with Crippen LogP contribution in [0, 0.1) is 0 Å². The molecule has 1 aliphatic heterocycles. The second kappa shape index (κ2) is 2.98. The van der Waals surface area contributed by atoms with E-state index < -0.39 is 7.82 Å². The first-order valence-corrected chi connectivity index (χ1v) is 4.49. The molecule has 1 fully saturated rings. The highest BCUT2D eigenvalue weighted by Gasteiger charge is 2.34. The van der Waals surface area contributed by atoms with Crippen molar-refractivity contribution in [2.75, 3.05) is 13.2 Å². The molecule has 6 heteroatoms. The summed E-state index contributed by atoms with van der Waals surface area (Å²) in [5, 5.41) is 0. The van der Waals surface area contributed by atoms with Crippen molar-refractivity contribution in [2.24, 2.45) is 5.73 Å². The Bertz CT molecular complexity index is 161. The van der Waals surface area contributed by atoms with Crippen molar-refractivity contribution in [2.45, 2.75) is 12.5 Å². The van der Waals surface area contributed by atoms with Crippen LogP contribution in [-0.4, -0.2) is 24.1 Å². The van der Waals surface area contributed by atoms with Crippen LogP contribution in [0.25, 0.3) is 0 Å². The van der Waals surface area contributed by atoms with E-state index in [1.807, 2.05) is 0 Å². The molecule has 0 aromatic heterocycles. The quantitative estimate of drug-likeness (QED) is 0.559. The highest BCUT2D eigenvalue weighted by molar-refractivity contribution is 7.47. The summed E-state index contributed by atoms with van der Waals surface area (Å²) in [6.07, 6.45) is 0.255. The molecule has 1 saturated heterocycles. The third-order valence-electron chi connectivity index (χ3n) is 1.19. The minimum Gasteiger partial charge on any atom is -0.330 e. The summed E-state index contributed by atoms with van der Waals surface area (Å²) >= 11 is 0. The van der Waals surface area contributed by atoms with Gasteiger partial charge in [0, 0.05) is 0 Å². The van der Waals surface area contributed by atoms with E-state index in [2.05, 4.69) is 9.05 Å². The SMILES string of the molecule is NCCC1COP(=O)(O)O1. The summed E-state index contributed by atoms with van der Waals surface area (Å²) in [5.41, 5.74) is 5.19. The molecule has 0 amide bonds. The van der Waals surface area contributed by atoms with Crippen LogP contribution in [0.3, 0.4) is 0 Å². The molecule has 1 rings (SSSR count). The van der Waals surface area contributed by atoms with Gasteiger partial charge in [-0.3, -0.25) is 9.05 Å². The van der Waals surface area contributed by atoms with Crippen LogP contribution >= 0.6 is 7.82 Å². The number of hydrogen-bond donors (Lipinski definition) is 2. The largest absolute Gasteiger partial charge is 0.472 e. The lowest BCUT2D eigenvalue weighted by Gasteiger charge is -2.03. The molecule has 0 spiro atoms. The molecule has 0 aromatic carbocycles. The molecule has 1 heterocycles. The zero-order chi connectivity index (χ0) is 7.61. The first-order valence-electron chi connectivity index (χ1n) is 3.00. The Balaban J connectivity index is 2.36. The standard InChI is InChI=1S/C4H10NO4P/c5-2-1-4-3-8-10(6,7)9-4/h4H,1-3,5H2,(H,6,7). The van der Waals surface area contributed by atoms with E-state index in [0.717, 1.165) is 0 Å². The van der Waals surface area contributed by atoms with Gasteiger partial charge in [-0.1, -0.05) is 0 Å². The Morgan fingerprint density at radius 3 is 2.90 bits per heavy atom. The van der Waals surface area contributed by atoms with Gasteiger partial charge in [-0.25, -0.2) is 4.57 Å². The fourth-order valence-electron chi connectivity index (χ4n) is 0.748. The molecule has 3 N–H and O–H groups in total. The maximum absolute atomic E-state index is 10.6. The predicted octanol–water partition coefficient (Wildman–Crippen LogP) is -0.149. The Labute approximate surface area is 58.7 Å². The van der Waals surface area contributed by atoms with E-state index in [0.29, 0.717) is 13.0 Å². The maximum atomic E-state index is 10.6. The van der Waals surface area contributed by atoms with Gasteiger partial charge in [-0.05, 0) is 13.0 Å². The molecule has 2 atom stereocenters. The second-order valence-corrected chi connectivity index (χ2v) is 3.48. The van der Waals surface area contributed by atoms with Gasteiger partial charge in [0.2, 0.25) is 0 Å². The van der Waals surface area contributed by atoms with Crippen molar-refractivity contribution in [3.63, 3.8) is 0 Å². The van der Waals surface area contributed by atoms with Crippen LogP contribution in [0.2, 0.25) is 0 Å². The number of nitrogens with two attached hydrogens (primary N) is 1. The molecular formula is C4H10NO4P. The van der Waals surface area contributed by atoms with Crippen molar-refractivity contribution in [1.29, 1.82) is 0 Å². The normalized spacial score (nSPS) is 40.4. The van der Waals surface area contributed by atoms with E-state index in [-0.39, 0.29) is 12.7 Å². The van der Waals surface area contributed by atoms with Gasteiger partial charge in [0.1, 0.15) is 0 Å². The summed E-state index contributed by atoms with van der Waals surface area (Å²) in [4.78, 5) is 8.66. The lowest BCUT2D eigenvalue weighted by molar-refractivity contribution is 0.207. The van der Waals surface area contributed by atoms with Gasteiger partial charge in [-0.15, -0.1) is 0 Å². The summed E-state index contributed by atoms with van der Waals surface area (Å²) in [5.74, 6) is 0. The Morgan fingerprint density at radius 2 is 2.50 bits per heavy atom. The van der Waals surface area contributed by atoms with Crippen molar-refractivity contribution in [3.8, 4) is 0 Å². The lowest BCUT2D eigenvalue weighted by atomic mass is 10.3. The Morgan fingerprint density at radius 1 is 1.80 bits per heavy atom. The maximum Gasteiger partial charge on any atom is 0.472 e. The first kappa shape index (κ1) is 8.17. The predicted molar refractivity (Wildman–Crippen MR) is 34.3 cm³/mol. The third-order valence-corrected chi connectivity index (χ3v) is 2.23. The van der Waals surface area contributed by atoms with E-state index in [1.54, 1.807) is 0 Å². The summed E-state index contributed by atoms with van der Waals surface area (Å²) < 4.78 is 19.6. The minimum atomic E-state index is -3.68. The number of rotatable bonds is 2. The highest BCUT2D eigenvalue weighted by atomic mass is 31.2. The molecule has 2 unspecified atom stereocenters. The van der Waals surface area contributed by atoms with Gasteiger partial charge in [0.05, 0.1) is 12.7 Å². The van der Waals surface area contributed by atoms with E-state index in [4.69, 9.17) is 10.6 Å². The number of phosphoric ester groups is 1. The molecule has 60 valence electrons. The molecule has 0 aliphatic carbocycles. The molecular weight excluding hydrogens is 157 g/mol. The molecule has 1 aliphatic rings. The van der Waals surface area contributed by atoms with Crippen molar-refractivity contribution in [1.82, 2.24) is 0 Å². The van der Waals surface area contributed by atoms with Gasteiger partial charge in [0.25, 0.3) is 0 Å². The van der Waals surface area contributed by atoms with Crippen LogP contribution in [0.1, 0.15) is 6.42 Å². The number of phosphoric acid groups is 1. The molecule has 5 nitrogen and oxygen atoms in total. The average Bonchev–Trinajstić information content (AvgIpc) is 2.12. The van der Waals surface area contributed by atoms with Gasteiger partial charge in [-0.2, -0.15) is 0 Å². The van der Waals surface area contributed by atoms with Gasteiger partial charge in [0.15, 0.2) is 0 Å².